The summed E-state index contributed by atoms with van der Waals surface area (Å²) >= 11 is 0. The van der Waals surface area contributed by atoms with Crippen molar-refractivity contribution in [3.05, 3.63) is 146 Å². The molecule has 5 aromatic carbocycles. The van der Waals surface area contributed by atoms with Gasteiger partial charge in [0.25, 0.3) is 0 Å². The van der Waals surface area contributed by atoms with Crippen molar-refractivity contribution in [3.8, 4) is 11.3 Å². The van der Waals surface area contributed by atoms with Crippen LogP contribution < -0.4 is 9.69 Å². The van der Waals surface area contributed by atoms with Gasteiger partial charge in [-0.3, -0.25) is 5.01 Å². The van der Waals surface area contributed by atoms with Crippen molar-refractivity contribution in [2.45, 2.75) is 0 Å². The first-order chi connectivity index (χ1) is 21.7. The zero-order valence-electron chi connectivity index (χ0n) is 24.7. The van der Waals surface area contributed by atoms with Gasteiger partial charge in [0.05, 0.1) is 5.70 Å². The number of nitrogens with zero attached hydrogens (tertiary/aromatic N) is 5. The molecule has 8 aromatic rings. The number of rotatable bonds is 0. The van der Waals surface area contributed by atoms with E-state index in [2.05, 4.69) is 141 Å². The van der Waals surface area contributed by atoms with Gasteiger partial charge in [-0.25, -0.2) is 4.68 Å². The Morgan fingerprint density at radius 1 is 0.733 bits per heavy atom. The van der Waals surface area contributed by atoms with Crippen molar-refractivity contribution >= 4 is 59.8 Å². The predicted molar refractivity (Wildman–Crippen MR) is 179 cm³/mol. The molecule has 5 nitrogen and oxygen atoms in total. The molecule has 2 aliphatic heterocycles. The van der Waals surface area contributed by atoms with Crippen LogP contribution in [0.25, 0.3) is 71.1 Å². The Balaban J connectivity index is 0.000000139. The van der Waals surface area contributed by atoms with Gasteiger partial charge >= 0.3 is 20.1 Å². The fraction of sp³-hybridized carbons (Fsp3) is 0.0513. The van der Waals surface area contributed by atoms with Crippen LogP contribution in [0.4, 0.5) is 0 Å². The Morgan fingerprint density at radius 3 is 2.44 bits per heavy atom. The van der Waals surface area contributed by atoms with Crippen molar-refractivity contribution in [2.24, 2.45) is 7.05 Å². The average molecular weight is 758 g/mol. The van der Waals surface area contributed by atoms with Crippen molar-refractivity contribution in [1.82, 2.24) is 14.5 Å². The van der Waals surface area contributed by atoms with E-state index in [0.29, 0.717) is 0 Å². The average Bonchev–Trinajstić information content (AvgIpc) is 3.67. The topological polar surface area (TPSA) is 28.2 Å². The number of hydrogen-bond acceptors (Lipinski definition) is 3. The summed E-state index contributed by atoms with van der Waals surface area (Å²) in [6.45, 7) is 2.06. The Hall–Kier alpha value is -5.03. The van der Waals surface area contributed by atoms with Crippen LogP contribution in [0.15, 0.2) is 122 Å². The van der Waals surface area contributed by atoms with Gasteiger partial charge in [-0.2, -0.15) is 12.1 Å². The Labute approximate surface area is 274 Å². The third-order valence-electron chi connectivity index (χ3n) is 8.80. The first-order valence-corrected chi connectivity index (χ1v) is 14.8. The Morgan fingerprint density at radius 2 is 1.53 bits per heavy atom. The molecule has 0 saturated heterocycles. The first kappa shape index (κ1) is 27.5. The molecule has 0 spiro atoms. The molecule has 216 valence electrons. The number of fused-ring (bicyclic) bond motifs is 15. The fourth-order valence-electron chi connectivity index (χ4n) is 6.85. The molecule has 0 saturated carbocycles. The molecule has 45 heavy (non-hydrogen) atoms. The molecule has 0 unspecified atom stereocenters. The zero-order chi connectivity index (χ0) is 29.4. The minimum absolute atomic E-state index is 0. The molecule has 6 heteroatoms. The Bertz CT molecular complexity index is 2480. The summed E-state index contributed by atoms with van der Waals surface area (Å²) in [7, 11) is 4.12. The van der Waals surface area contributed by atoms with Gasteiger partial charge in [-0.05, 0) is 70.3 Å². The van der Waals surface area contributed by atoms with Gasteiger partial charge in [0.1, 0.15) is 11.9 Å². The minimum Gasteiger partial charge on any atom is -0.504 e. The number of aromatic nitrogens is 3. The quantitative estimate of drug-likeness (QED) is 0.0687. The van der Waals surface area contributed by atoms with Gasteiger partial charge in [-0.1, -0.05) is 103 Å². The fourth-order valence-corrected chi connectivity index (χ4v) is 6.85. The van der Waals surface area contributed by atoms with E-state index in [9.17, 15) is 0 Å². The van der Waals surface area contributed by atoms with Crippen LogP contribution >= 0.6 is 0 Å². The zero-order valence-corrected chi connectivity index (χ0v) is 27.1. The number of aryl methyl sites for hydroxylation is 1. The summed E-state index contributed by atoms with van der Waals surface area (Å²) in [6.07, 6.45) is 9.27. The molecule has 3 aromatic heterocycles. The van der Waals surface area contributed by atoms with E-state index in [4.69, 9.17) is 0 Å². The molecule has 0 amide bonds. The molecule has 5 heterocycles. The van der Waals surface area contributed by atoms with Gasteiger partial charge in [0, 0.05) is 17.3 Å². The molecule has 0 aliphatic carbocycles. The van der Waals surface area contributed by atoms with Crippen molar-refractivity contribution in [2.75, 3.05) is 12.1 Å². The van der Waals surface area contributed by atoms with Crippen LogP contribution in [0.3, 0.4) is 0 Å². The van der Waals surface area contributed by atoms with E-state index in [1.165, 1.54) is 60.0 Å². The van der Waals surface area contributed by atoms with Crippen LogP contribution in [0.2, 0.25) is 0 Å². The summed E-state index contributed by atoms with van der Waals surface area (Å²) in [5.74, 6) is 0. The SMILES string of the molecule is CN1C=C2c3ccccc3-c3ccc[c-][n+]3N2[CH-]1.Cn1c[c-]c2c3ncccc3c3cc4ccc5ccccc5c4cc3c21.[Ir+3]. The molecule has 0 N–H and O–H groups in total. The second-order valence-electron chi connectivity index (χ2n) is 11.5. The molecular weight excluding hydrogens is 731 g/mol. The molecule has 0 fully saturated rings. The van der Waals surface area contributed by atoms with E-state index in [1.807, 2.05) is 37.6 Å². The second kappa shape index (κ2) is 10.6. The van der Waals surface area contributed by atoms with E-state index >= 15 is 0 Å². The van der Waals surface area contributed by atoms with Crippen molar-refractivity contribution in [1.29, 1.82) is 0 Å². The molecular formula is C39H27IrN5+. The molecule has 0 radical (unpaired) electrons. The maximum absolute atomic E-state index is 4.66. The number of pyridine rings is 2. The van der Waals surface area contributed by atoms with Crippen molar-refractivity contribution in [3.63, 3.8) is 0 Å². The first-order valence-electron chi connectivity index (χ1n) is 14.8. The summed E-state index contributed by atoms with van der Waals surface area (Å²) in [5.41, 5.74) is 7.08. The minimum atomic E-state index is 0. The maximum atomic E-state index is 4.66. The standard InChI is InChI=1S/C24H15N2.C15H12N3.Ir/c1-26-12-10-19-23-18(7-4-11-25-23)21-13-16-9-8-15-5-2-3-6-17(15)20(16)14-22(21)24(19)26;1-16-10-15-13-7-3-2-6-12(13)14-8-4-5-9-17(14)18(15)11-16;/h2-9,11-14H,1H3;2-8,10-11H,1H3;/q2*-1;+3. The molecule has 2 aliphatic rings. The molecule has 10 rings (SSSR count). The van der Waals surface area contributed by atoms with Crippen LogP contribution in [-0.4, -0.2) is 21.5 Å². The van der Waals surface area contributed by atoms with Gasteiger partial charge < -0.3 is 14.5 Å². The third-order valence-corrected chi connectivity index (χ3v) is 8.80. The van der Waals surface area contributed by atoms with Gasteiger partial charge in [0.2, 0.25) is 0 Å². The maximum Gasteiger partial charge on any atom is 3.00 e. The Kier molecular flexibility index (Phi) is 6.45. The van der Waals surface area contributed by atoms with Gasteiger partial charge in [-0.15, -0.1) is 11.5 Å². The van der Waals surface area contributed by atoms with Crippen LogP contribution in [0.5, 0.6) is 0 Å². The second-order valence-corrected chi connectivity index (χ2v) is 11.5. The molecule has 0 bridgehead atoms. The van der Waals surface area contributed by atoms with E-state index in [-0.39, 0.29) is 20.1 Å². The summed E-state index contributed by atoms with van der Waals surface area (Å²) in [6, 6.07) is 39.8. The van der Waals surface area contributed by atoms with Crippen LogP contribution in [0.1, 0.15) is 5.56 Å². The summed E-state index contributed by atoms with van der Waals surface area (Å²) in [5, 5.41) is 12.0. The van der Waals surface area contributed by atoms with E-state index in [0.717, 1.165) is 16.6 Å². The van der Waals surface area contributed by atoms with Crippen molar-refractivity contribution < 1.29 is 24.8 Å². The smallest absolute Gasteiger partial charge is 0.504 e. The number of hydrogen-bond donors (Lipinski definition) is 0. The monoisotopic (exact) mass is 758 g/mol. The third kappa shape index (κ3) is 4.17. The van der Waals surface area contributed by atoms with Crippen LogP contribution in [0, 0.1) is 18.9 Å². The largest absolute Gasteiger partial charge is 3.00 e. The van der Waals surface area contributed by atoms with E-state index < -0.39 is 0 Å². The van der Waals surface area contributed by atoms with Gasteiger partial charge in [0.15, 0.2) is 0 Å². The van der Waals surface area contributed by atoms with E-state index in [1.54, 1.807) is 0 Å². The molecule has 0 atom stereocenters. The number of benzene rings is 5. The summed E-state index contributed by atoms with van der Waals surface area (Å²) in [4.78, 5) is 6.72. The van der Waals surface area contributed by atoms with Crippen LogP contribution in [-0.2, 0) is 27.2 Å². The predicted octanol–water partition coefficient (Wildman–Crippen LogP) is 7.74. The normalized spacial score (nSPS) is 13.3. The summed E-state index contributed by atoms with van der Waals surface area (Å²) < 4.78 is 4.21.